The SMILES string of the molecule is CN=C(NCCCc1c(C)noc1C)NCC1(CC(C)C)CCC1.I. The zero-order valence-electron chi connectivity index (χ0n) is 16.4. The summed E-state index contributed by atoms with van der Waals surface area (Å²) in [4.78, 5) is 4.36. The molecule has 0 bridgehead atoms. The van der Waals surface area contributed by atoms with E-state index in [4.69, 9.17) is 4.52 Å². The number of halogens is 1. The molecule has 0 aromatic carbocycles. The number of hydrogen-bond donors (Lipinski definition) is 2. The van der Waals surface area contributed by atoms with Gasteiger partial charge in [0.15, 0.2) is 5.96 Å². The molecule has 1 aromatic heterocycles. The summed E-state index contributed by atoms with van der Waals surface area (Å²) in [7, 11) is 1.85. The fourth-order valence-electron chi connectivity index (χ4n) is 3.82. The number of nitrogens with one attached hydrogen (secondary N) is 2. The highest BCUT2D eigenvalue weighted by atomic mass is 127. The van der Waals surface area contributed by atoms with Crippen LogP contribution < -0.4 is 10.6 Å². The second-order valence-corrected chi connectivity index (χ2v) is 7.71. The molecule has 2 rings (SSSR count). The first-order valence-electron chi connectivity index (χ1n) is 9.32. The molecule has 6 heteroatoms. The highest BCUT2D eigenvalue weighted by Crippen LogP contribution is 2.45. The van der Waals surface area contributed by atoms with Crippen LogP contribution in [0.25, 0.3) is 0 Å². The van der Waals surface area contributed by atoms with Crippen molar-refractivity contribution in [2.24, 2.45) is 16.3 Å². The van der Waals surface area contributed by atoms with Gasteiger partial charge < -0.3 is 15.2 Å². The van der Waals surface area contributed by atoms with Gasteiger partial charge in [-0.05, 0) is 57.3 Å². The first-order chi connectivity index (χ1) is 11.5. The minimum atomic E-state index is 0. The van der Waals surface area contributed by atoms with Gasteiger partial charge in [0, 0.05) is 25.7 Å². The molecule has 25 heavy (non-hydrogen) atoms. The van der Waals surface area contributed by atoms with Crippen LogP contribution in [0.5, 0.6) is 0 Å². The molecule has 1 aliphatic rings. The summed E-state index contributed by atoms with van der Waals surface area (Å²) >= 11 is 0. The van der Waals surface area contributed by atoms with E-state index in [0.29, 0.717) is 5.41 Å². The van der Waals surface area contributed by atoms with Crippen molar-refractivity contribution in [2.75, 3.05) is 20.1 Å². The lowest BCUT2D eigenvalue weighted by atomic mass is 9.64. The summed E-state index contributed by atoms with van der Waals surface area (Å²) in [5.41, 5.74) is 2.74. The van der Waals surface area contributed by atoms with Gasteiger partial charge in [-0.1, -0.05) is 25.4 Å². The van der Waals surface area contributed by atoms with Crippen LogP contribution in [0.2, 0.25) is 0 Å². The predicted octanol–water partition coefficient (Wildman–Crippen LogP) is 4.22. The fraction of sp³-hybridized carbons (Fsp3) is 0.789. The minimum absolute atomic E-state index is 0. The molecule has 0 aliphatic heterocycles. The van der Waals surface area contributed by atoms with Crippen molar-refractivity contribution in [1.82, 2.24) is 15.8 Å². The van der Waals surface area contributed by atoms with Gasteiger partial charge in [-0.3, -0.25) is 4.99 Å². The molecule has 144 valence electrons. The molecular formula is C19H35IN4O. The zero-order valence-corrected chi connectivity index (χ0v) is 18.8. The van der Waals surface area contributed by atoms with Gasteiger partial charge in [0.2, 0.25) is 0 Å². The Morgan fingerprint density at radius 2 is 2.00 bits per heavy atom. The van der Waals surface area contributed by atoms with Gasteiger partial charge in [-0.2, -0.15) is 0 Å². The van der Waals surface area contributed by atoms with E-state index >= 15 is 0 Å². The quantitative estimate of drug-likeness (QED) is 0.263. The van der Waals surface area contributed by atoms with Crippen LogP contribution in [0, 0.1) is 25.2 Å². The van der Waals surface area contributed by atoms with E-state index in [1.54, 1.807) is 0 Å². The normalized spacial score (nSPS) is 16.3. The summed E-state index contributed by atoms with van der Waals surface area (Å²) in [5, 5.41) is 11.0. The Morgan fingerprint density at radius 1 is 1.28 bits per heavy atom. The number of aromatic nitrogens is 1. The predicted molar refractivity (Wildman–Crippen MR) is 115 cm³/mol. The lowest BCUT2D eigenvalue weighted by Crippen LogP contribution is -2.47. The average molecular weight is 462 g/mol. The Bertz CT molecular complexity index is 530. The molecule has 1 fully saturated rings. The Morgan fingerprint density at radius 3 is 2.48 bits per heavy atom. The zero-order chi connectivity index (χ0) is 17.6. The van der Waals surface area contributed by atoms with Crippen LogP contribution >= 0.6 is 24.0 Å². The minimum Gasteiger partial charge on any atom is -0.361 e. The van der Waals surface area contributed by atoms with E-state index in [0.717, 1.165) is 49.3 Å². The third-order valence-corrected chi connectivity index (χ3v) is 5.19. The summed E-state index contributed by atoms with van der Waals surface area (Å²) in [5.74, 6) is 2.62. The maximum absolute atomic E-state index is 5.21. The number of hydrogen-bond acceptors (Lipinski definition) is 3. The summed E-state index contributed by atoms with van der Waals surface area (Å²) < 4.78 is 5.21. The van der Waals surface area contributed by atoms with E-state index in [1.807, 2.05) is 20.9 Å². The number of rotatable bonds is 8. The van der Waals surface area contributed by atoms with Crippen molar-refractivity contribution >= 4 is 29.9 Å². The third-order valence-electron chi connectivity index (χ3n) is 5.19. The number of nitrogens with zero attached hydrogens (tertiary/aromatic N) is 2. The van der Waals surface area contributed by atoms with Gasteiger partial charge in [0.1, 0.15) is 5.76 Å². The molecule has 5 nitrogen and oxygen atoms in total. The van der Waals surface area contributed by atoms with Gasteiger partial charge in [0.25, 0.3) is 0 Å². The Kier molecular flexibility index (Phi) is 9.24. The lowest BCUT2D eigenvalue weighted by molar-refractivity contribution is 0.104. The monoisotopic (exact) mass is 462 g/mol. The smallest absolute Gasteiger partial charge is 0.190 e. The summed E-state index contributed by atoms with van der Waals surface area (Å²) in [6, 6.07) is 0. The van der Waals surface area contributed by atoms with Gasteiger partial charge in [0.05, 0.1) is 5.69 Å². The Labute approximate surface area is 169 Å². The van der Waals surface area contributed by atoms with Crippen LogP contribution in [-0.4, -0.2) is 31.3 Å². The van der Waals surface area contributed by atoms with Gasteiger partial charge in [-0.15, -0.1) is 24.0 Å². The standard InChI is InChI=1S/C19H34N4O.HI/c1-14(2)12-19(9-7-10-19)13-22-18(20-5)21-11-6-8-17-15(3)23-24-16(17)4;/h14H,6-13H2,1-5H3,(H2,20,21,22);1H. The molecule has 1 heterocycles. The molecule has 1 aromatic rings. The van der Waals surface area contributed by atoms with Crippen LogP contribution in [0.3, 0.4) is 0 Å². The molecule has 0 amide bonds. The Balaban J connectivity index is 0.00000312. The average Bonchev–Trinajstić information content (AvgIpc) is 2.82. The van der Waals surface area contributed by atoms with Crippen molar-refractivity contribution in [3.8, 4) is 0 Å². The topological polar surface area (TPSA) is 62.5 Å². The van der Waals surface area contributed by atoms with E-state index in [9.17, 15) is 0 Å². The molecule has 0 atom stereocenters. The Hall–Kier alpha value is -0.790. The fourth-order valence-corrected chi connectivity index (χ4v) is 3.82. The molecule has 2 N–H and O–H groups in total. The van der Waals surface area contributed by atoms with E-state index in [-0.39, 0.29) is 24.0 Å². The van der Waals surface area contributed by atoms with Crippen molar-refractivity contribution in [1.29, 1.82) is 0 Å². The van der Waals surface area contributed by atoms with Gasteiger partial charge in [-0.25, -0.2) is 0 Å². The largest absolute Gasteiger partial charge is 0.361 e. The third kappa shape index (κ3) is 6.46. The van der Waals surface area contributed by atoms with Crippen LogP contribution in [-0.2, 0) is 6.42 Å². The van der Waals surface area contributed by atoms with Crippen molar-refractivity contribution in [3.63, 3.8) is 0 Å². The van der Waals surface area contributed by atoms with E-state index in [1.165, 1.54) is 31.2 Å². The van der Waals surface area contributed by atoms with Crippen molar-refractivity contribution < 1.29 is 4.52 Å². The van der Waals surface area contributed by atoms with Crippen molar-refractivity contribution in [2.45, 2.75) is 66.2 Å². The summed E-state index contributed by atoms with van der Waals surface area (Å²) in [6.07, 6.45) is 7.41. The maximum atomic E-state index is 5.21. The van der Waals surface area contributed by atoms with E-state index < -0.39 is 0 Å². The first kappa shape index (κ1) is 22.3. The highest BCUT2D eigenvalue weighted by molar-refractivity contribution is 14.0. The van der Waals surface area contributed by atoms with Crippen LogP contribution in [0.1, 0.15) is 63.0 Å². The number of guanidine groups is 1. The molecule has 0 unspecified atom stereocenters. The first-order valence-corrected chi connectivity index (χ1v) is 9.32. The van der Waals surface area contributed by atoms with Crippen molar-refractivity contribution in [3.05, 3.63) is 17.0 Å². The lowest BCUT2D eigenvalue weighted by Gasteiger charge is -2.43. The van der Waals surface area contributed by atoms with E-state index in [2.05, 4.69) is 34.6 Å². The molecule has 0 spiro atoms. The molecule has 1 saturated carbocycles. The van der Waals surface area contributed by atoms with Gasteiger partial charge >= 0.3 is 0 Å². The molecule has 0 saturated heterocycles. The maximum Gasteiger partial charge on any atom is 0.190 e. The molecule has 1 aliphatic carbocycles. The number of aliphatic imine (C=N–C) groups is 1. The second-order valence-electron chi connectivity index (χ2n) is 7.71. The molecule has 0 radical (unpaired) electrons. The highest BCUT2D eigenvalue weighted by Gasteiger charge is 2.37. The second kappa shape index (κ2) is 10.4. The van der Waals surface area contributed by atoms with Crippen LogP contribution in [0.15, 0.2) is 9.52 Å². The van der Waals surface area contributed by atoms with Crippen LogP contribution in [0.4, 0.5) is 0 Å². The number of aryl methyl sites for hydroxylation is 2. The molecular weight excluding hydrogens is 427 g/mol. The summed E-state index contributed by atoms with van der Waals surface area (Å²) in [6.45, 7) is 10.6.